The molecule has 0 spiro atoms. The summed E-state index contributed by atoms with van der Waals surface area (Å²) in [6.45, 7) is 6.90. The van der Waals surface area contributed by atoms with E-state index in [1.54, 1.807) is 86.9 Å². The fraction of sp³-hybridized carbons (Fsp3) is 0.458. The number of carbonyl (C=O) groups is 17. The van der Waals surface area contributed by atoms with Gasteiger partial charge in [-0.25, -0.2) is 4.58 Å². The highest BCUT2D eigenvalue weighted by atomic mass is 33.1. The fourth-order valence-electron chi connectivity index (χ4n) is 18.8. The van der Waals surface area contributed by atoms with Crippen molar-refractivity contribution in [3.63, 3.8) is 0 Å². The number of phenols is 1. The summed E-state index contributed by atoms with van der Waals surface area (Å²) in [6.07, 6.45) is 0.356. The minimum Gasteiger partial charge on any atom is -0.545 e. The molecule has 10 amide bonds. The van der Waals surface area contributed by atoms with Gasteiger partial charge in [-0.1, -0.05) is 117 Å². The topological polar surface area (TPSA) is 564 Å². The number of aromatic hydroxyl groups is 1. The minimum atomic E-state index is -1.61. The van der Waals surface area contributed by atoms with E-state index >= 15 is 38.4 Å². The van der Waals surface area contributed by atoms with Gasteiger partial charge >= 0.3 is 0 Å². The van der Waals surface area contributed by atoms with Crippen LogP contribution in [0.5, 0.6) is 5.75 Å². The number of nitrogens with two attached hydrogens (primary N) is 4. The zero-order chi connectivity index (χ0) is 104. The van der Waals surface area contributed by atoms with Crippen molar-refractivity contribution in [3.05, 3.63) is 167 Å². The number of rotatable bonds is 47. The number of aromatic amines is 2. The Morgan fingerprint density at radius 3 is 1.89 bits per heavy atom. The van der Waals surface area contributed by atoms with Crippen molar-refractivity contribution in [2.24, 2.45) is 70.3 Å². The summed E-state index contributed by atoms with van der Waals surface area (Å²) < 4.78 is 8.43. The number of amides is 10. The number of ketones is 6. The zero-order valence-electron chi connectivity index (χ0n) is 82.8. The Hall–Kier alpha value is -13.8. The first kappa shape index (κ1) is 111. The monoisotopic (exact) mass is 2010 g/mol. The molecule has 2 aromatic heterocycles. The number of carbonyl (C=O) groups excluding carboxylic acids is 17. The first-order chi connectivity index (χ1) is 68.7. The van der Waals surface area contributed by atoms with Crippen molar-refractivity contribution in [3.8, 4) is 28.2 Å². The summed E-state index contributed by atoms with van der Waals surface area (Å²) in [4.78, 5) is 254. The molecule has 5 heterocycles. The molecule has 4 aliphatic rings. The van der Waals surface area contributed by atoms with Crippen LogP contribution in [0.2, 0.25) is 0 Å². The number of primary amides is 4. The van der Waals surface area contributed by atoms with E-state index in [1.807, 2.05) is 100 Å². The molecule has 37 heteroatoms. The van der Waals surface area contributed by atoms with Crippen molar-refractivity contribution in [2.45, 2.75) is 206 Å². The van der Waals surface area contributed by atoms with E-state index in [-0.39, 0.29) is 118 Å². The number of nitrogens with zero attached hydrogens (tertiary/aromatic N) is 3. The lowest BCUT2D eigenvalue weighted by atomic mass is 9.86. The Morgan fingerprint density at radius 1 is 0.632 bits per heavy atom. The fourth-order valence-corrected chi connectivity index (χ4v) is 21.2. The van der Waals surface area contributed by atoms with Gasteiger partial charge in [-0.05, 0) is 153 Å². The number of anilines is 2. The van der Waals surface area contributed by atoms with Crippen molar-refractivity contribution in [2.75, 3.05) is 69.5 Å². The quantitative estimate of drug-likeness (QED) is 0.00737. The van der Waals surface area contributed by atoms with Gasteiger partial charge in [-0.15, -0.1) is 0 Å². The van der Waals surface area contributed by atoms with Crippen LogP contribution >= 0.6 is 21.6 Å². The van der Waals surface area contributed by atoms with Gasteiger partial charge in [0.25, 0.3) is 0 Å². The molecule has 12 atom stereocenters. The predicted molar refractivity (Wildman–Crippen MR) is 549 cm³/mol. The highest BCUT2D eigenvalue weighted by Crippen LogP contribution is 2.43. The summed E-state index contributed by atoms with van der Waals surface area (Å²) >= 11 is 0. The number of nitrogens with one attached hydrogen (secondary N) is 8. The number of para-hydroxylation sites is 2. The Labute approximate surface area is 843 Å². The number of phenolic OH excluding ortho intramolecular Hbond substituents is 1. The van der Waals surface area contributed by atoms with Gasteiger partial charge < -0.3 is 94.0 Å². The average Bonchev–Trinajstić information content (AvgIpc) is 0.806. The molecular weight excluding hydrogens is 1880 g/mol. The lowest BCUT2D eigenvalue weighted by Gasteiger charge is -2.30. The van der Waals surface area contributed by atoms with Gasteiger partial charge in [-0.2, -0.15) is 0 Å². The molecule has 0 unspecified atom stereocenters. The second-order valence-electron chi connectivity index (χ2n) is 38.8. The molecule has 7 aromatic rings. The first-order valence-corrected chi connectivity index (χ1v) is 51.7. The Balaban J connectivity index is 0.851. The smallest absolute Gasteiger partial charge is 0.246 e. The molecule has 2 saturated heterocycles. The number of carboxylic acids is 1. The number of fused-ring (bicyclic) bond motifs is 5. The maximum Gasteiger partial charge on any atom is 0.246 e. The number of hydrogen-bond donors (Lipinski definition) is 13. The van der Waals surface area contributed by atoms with E-state index in [9.17, 15) is 53.4 Å². The highest BCUT2D eigenvalue weighted by molar-refractivity contribution is 8.76. The van der Waals surface area contributed by atoms with E-state index < -0.39 is 217 Å². The van der Waals surface area contributed by atoms with E-state index in [0.717, 1.165) is 32.6 Å². The first-order valence-electron chi connectivity index (χ1n) is 49.2. The third-order valence-electron chi connectivity index (χ3n) is 27.1. The van der Waals surface area contributed by atoms with Crippen molar-refractivity contribution < 1.29 is 96.1 Å². The number of Topliss-reactive ketones (excluding diaryl/α,β-unsaturated/α-hetero) is 6. The van der Waals surface area contributed by atoms with Crippen molar-refractivity contribution in [1.29, 1.82) is 0 Å². The summed E-state index contributed by atoms with van der Waals surface area (Å²) in [5.74, 6) is -21.3. The van der Waals surface area contributed by atoms with Crippen LogP contribution in [-0.4, -0.2) is 209 Å². The number of unbranched alkanes of at least 4 members (excludes halogenated alkanes) is 2. The number of aromatic nitrogens is 2. The second kappa shape index (κ2) is 52.4. The van der Waals surface area contributed by atoms with Crippen molar-refractivity contribution >= 4 is 165 Å². The lowest BCUT2D eigenvalue weighted by molar-refractivity contribution is -0.255. The molecule has 3 aliphatic heterocycles. The molecule has 0 saturated carbocycles. The molecule has 0 radical (unpaired) electrons. The summed E-state index contributed by atoms with van der Waals surface area (Å²) in [5, 5.41) is 43.8. The van der Waals surface area contributed by atoms with Gasteiger partial charge in [0.1, 0.15) is 43.0 Å². The van der Waals surface area contributed by atoms with Crippen LogP contribution in [0.4, 0.5) is 11.4 Å². The van der Waals surface area contributed by atoms with Crippen LogP contribution in [0.15, 0.2) is 144 Å². The normalized spacial score (nSPS) is 17.8. The number of benzene rings is 6. The van der Waals surface area contributed by atoms with Crippen LogP contribution in [0.3, 0.4) is 0 Å². The van der Waals surface area contributed by atoms with Gasteiger partial charge in [0.2, 0.25) is 64.4 Å². The molecule has 17 N–H and O–H groups in total. The summed E-state index contributed by atoms with van der Waals surface area (Å²) in [6, 6.07) is 29.8. The second-order valence-corrected chi connectivity index (χ2v) is 41.4. The number of H-pyrrole nitrogens is 2. The Morgan fingerprint density at radius 2 is 1.26 bits per heavy atom. The minimum absolute atomic E-state index is 0.00345. The zero-order valence-corrected chi connectivity index (χ0v) is 84.4. The van der Waals surface area contributed by atoms with Gasteiger partial charge in [0, 0.05) is 225 Å². The van der Waals surface area contributed by atoms with Crippen LogP contribution in [0.25, 0.3) is 55.2 Å². The molecular formula is C107H133N15O20S2. The van der Waals surface area contributed by atoms with E-state index in [4.69, 9.17) is 27.4 Å². The predicted octanol–water partition coefficient (Wildman–Crippen LogP) is 8.30. The van der Waals surface area contributed by atoms with Gasteiger partial charge in [0.05, 0.1) is 42.7 Å². The Bertz CT molecular complexity index is 6260. The van der Waals surface area contributed by atoms with E-state index in [0.29, 0.717) is 110 Å². The standard InChI is InChI=1S/C107H133N15O20S2/c1-9-61(4)99(92(129)48-63(100(111)133)26-37-95(108)130)119-105(138)68(44-69-55-113-83-21-14-12-19-77(69)83)50-90(127)86-58-143-144-59-87(106(139)122-41-17-23-88(122)91(128)51-67(43-62-24-32-74(123)33-25-62)101(134)115-57-76(125)46-66(42-60(2)3)104(137)117-86)118-103(136)65(28-39-97(110)132)49-89(126)85(47-70-56-114-84-22-15-13-20-78(70)84)116-102(135)64(27-38-96(109)131)45-75(124)18-11-10-16-40-112-71-29-34-79(82(52-71)107(140)141)98-80-35-30-72(120(5)6)53-93(80)142-94-54-73(121(7)8)31-36-81(94)98/h12-15,19-22,24-25,29-36,52-56,60-61,63-68,85-88,99,113-114H,9-11,16-18,23,26-28,37-51,57-59H2,1-8H3,(H15,108,109,110,111,115,116,117,118,119,123,130,131,132,133,134,135,136,137,138,140,141)/t61-,63+,64+,65+,66+,67+,68+,85-,86-,87-,88-,99-/m0/s1. The third-order valence-corrected chi connectivity index (χ3v) is 29.5. The molecule has 1 aliphatic carbocycles. The molecule has 0 bridgehead atoms. The molecule has 11 rings (SSSR count). The highest BCUT2D eigenvalue weighted by Gasteiger charge is 2.43. The van der Waals surface area contributed by atoms with Crippen LogP contribution in [0.1, 0.15) is 183 Å². The Kier molecular flexibility index (Phi) is 40.2. The van der Waals surface area contributed by atoms with Crippen molar-refractivity contribution in [1.82, 2.24) is 46.0 Å². The van der Waals surface area contributed by atoms with E-state index in [1.165, 1.54) is 23.1 Å². The summed E-state index contributed by atoms with van der Waals surface area (Å²) in [5.41, 5.74) is 29.4. The molecule has 5 aromatic carbocycles. The largest absolute Gasteiger partial charge is 0.545 e. The average molecular weight is 2010 g/mol. The SMILES string of the molecule is CC[C@H](C)[C@H](NC(=O)[C@@H](CC(=O)[C@@H]1CSSC[C@H](NC(=O)[C@H](CCC(N)=O)CC(=O)[C@H](Cc2c[nH]c3ccccc23)NC(=O)[C@H](CCC(N)=O)CC(=O)CCCCCNc2ccc(-c3c4ccc(=[N+](C)C)cc-4oc4cc(N(C)C)ccc34)c(C(=O)[O-])c2)C(=O)N2CCC[C@H]2C(=O)C[C@@H](Cc2ccc(O)cc2)C(=O)NCC(=O)C[C@@H](CC(C)C)C(=O)N1)Cc1c[nH]c2ccccc12)C(=O)C[C@@H](CCC(N)=O)C(N)=O. The van der Waals surface area contributed by atoms with Crippen LogP contribution in [-0.2, 0) is 96.0 Å². The number of aromatic carboxylic acids is 1. The third kappa shape index (κ3) is 30.9. The van der Waals surface area contributed by atoms with Crippen LogP contribution in [0, 0.1) is 47.3 Å². The molecule has 768 valence electrons. The molecule has 144 heavy (non-hydrogen) atoms. The van der Waals surface area contributed by atoms with Gasteiger partial charge in [0.15, 0.2) is 28.9 Å². The summed E-state index contributed by atoms with van der Waals surface area (Å²) in [7, 11) is 9.59. The van der Waals surface area contributed by atoms with E-state index in [2.05, 4.69) is 41.9 Å². The molecule has 2 fully saturated rings. The lowest BCUT2D eigenvalue weighted by Crippen LogP contribution is -2.54. The maximum absolute atomic E-state index is 15.8. The maximum atomic E-state index is 15.8. The number of carboxylic acid groups (broad SMARTS) is 1. The number of hydrogen-bond acceptors (Lipinski definition) is 24. The molecule has 35 nitrogen and oxygen atoms in total. The van der Waals surface area contributed by atoms with Crippen LogP contribution < -0.4 is 74.8 Å². The van der Waals surface area contributed by atoms with Gasteiger partial charge in [-0.3, -0.25) is 76.7 Å².